The van der Waals surface area contributed by atoms with E-state index in [1.54, 1.807) is 0 Å². The van der Waals surface area contributed by atoms with Crippen molar-refractivity contribution in [2.24, 2.45) is 0 Å². The molecule has 3 aromatic rings. The number of likely N-dealkylation sites (N-methyl/N-ethyl adjacent to an activating group) is 1. The first kappa shape index (κ1) is 16.5. The van der Waals surface area contributed by atoms with Crippen molar-refractivity contribution in [3.05, 3.63) is 77.3 Å². The van der Waals surface area contributed by atoms with Crippen molar-refractivity contribution in [2.75, 3.05) is 18.9 Å². The molecule has 0 aromatic heterocycles. The molecule has 3 nitrogen and oxygen atoms in total. The van der Waals surface area contributed by atoms with Crippen LogP contribution < -0.4 is 5.32 Å². The topological polar surface area (TPSA) is 32.3 Å². The van der Waals surface area contributed by atoms with Crippen LogP contribution in [-0.2, 0) is 11.3 Å². The van der Waals surface area contributed by atoms with Gasteiger partial charge in [-0.2, -0.15) is 0 Å². The molecule has 1 N–H and O–H groups in total. The zero-order valence-corrected chi connectivity index (χ0v) is 14.3. The van der Waals surface area contributed by atoms with E-state index >= 15 is 0 Å². The number of nitrogens with one attached hydrogen (secondary N) is 1. The molecule has 0 heterocycles. The van der Waals surface area contributed by atoms with Crippen LogP contribution in [0.2, 0.25) is 5.02 Å². The van der Waals surface area contributed by atoms with E-state index in [0.29, 0.717) is 13.1 Å². The summed E-state index contributed by atoms with van der Waals surface area (Å²) in [4.78, 5) is 14.3. The molecular weight excluding hydrogens is 320 g/mol. The number of amides is 1. The van der Waals surface area contributed by atoms with Gasteiger partial charge in [-0.05, 0) is 30.1 Å². The van der Waals surface area contributed by atoms with Gasteiger partial charge in [0.05, 0.1) is 6.54 Å². The highest BCUT2D eigenvalue weighted by Gasteiger charge is 2.10. The minimum atomic E-state index is -0.0408. The summed E-state index contributed by atoms with van der Waals surface area (Å²) in [5, 5.41) is 5.88. The standard InChI is InChI=1S/C20H19ClN2O/c1-23(13-16-8-3-5-11-18(16)21)14-20(24)22-19-12-6-9-15-7-2-4-10-17(15)19/h2-12H,13-14H2,1H3,(H,22,24). The Bertz CT molecular complexity index is 858. The van der Waals surface area contributed by atoms with E-state index in [-0.39, 0.29) is 5.91 Å². The summed E-state index contributed by atoms with van der Waals surface area (Å²) in [5.74, 6) is -0.0408. The Kier molecular flexibility index (Phi) is 5.14. The lowest BCUT2D eigenvalue weighted by Crippen LogP contribution is -2.30. The summed E-state index contributed by atoms with van der Waals surface area (Å²) >= 11 is 6.17. The van der Waals surface area contributed by atoms with Crippen LogP contribution in [0.25, 0.3) is 10.8 Å². The van der Waals surface area contributed by atoms with E-state index in [2.05, 4.69) is 5.32 Å². The molecule has 0 aliphatic rings. The number of hydrogen-bond acceptors (Lipinski definition) is 2. The second-order valence-corrected chi connectivity index (χ2v) is 6.25. The number of hydrogen-bond donors (Lipinski definition) is 1. The van der Waals surface area contributed by atoms with Gasteiger partial charge in [-0.1, -0.05) is 66.2 Å². The first-order valence-corrected chi connectivity index (χ1v) is 8.21. The second kappa shape index (κ2) is 7.47. The minimum absolute atomic E-state index is 0.0408. The van der Waals surface area contributed by atoms with E-state index in [1.165, 1.54) is 0 Å². The van der Waals surface area contributed by atoms with E-state index in [1.807, 2.05) is 78.7 Å². The Morgan fingerprint density at radius 1 is 1.00 bits per heavy atom. The Morgan fingerprint density at radius 2 is 1.71 bits per heavy atom. The molecule has 0 saturated carbocycles. The van der Waals surface area contributed by atoms with E-state index in [0.717, 1.165) is 27.0 Å². The molecule has 0 atom stereocenters. The maximum atomic E-state index is 12.4. The SMILES string of the molecule is CN(CC(=O)Nc1cccc2ccccc12)Cc1ccccc1Cl. The monoisotopic (exact) mass is 338 g/mol. The lowest BCUT2D eigenvalue weighted by atomic mass is 10.1. The number of nitrogens with zero attached hydrogens (tertiary/aromatic N) is 1. The minimum Gasteiger partial charge on any atom is -0.324 e. The third kappa shape index (κ3) is 3.94. The summed E-state index contributed by atoms with van der Waals surface area (Å²) in [6, 6.07) is 21.6. The predicted molar refractivity (Wildman–Crippen MR) is 100 cm³/mol. The number of fused-ring (bicyclic) bond motifs is 1. The van der Waals surface area contributed by atoms with Crippen LogP contribution in [0.15, 0.2) is 66.7 Å². The van der Waals surface area contributed by atoms with Crippen molar-refractivity contribution in [2.45, 2.75) is 6.54 Å². The Balaban J connectivity index is 1.66. The number of rotatable bonds is 5. The van der Waals surface area contributed by atoms with E-state index in [4.69, 9.17) is 11.6 Å². The van der Waals surface area contributed by atoms with Crippen LogP contribution >= 0.6 is 11.6 Å². The van der Waals surface area contributed by atoms with Crippen molar-refractivity contribution in [1.82, 2.24) is 4.90 Å². The number of halogens is 1. The molecular formula is C20H19ClN2O. The molecule has 0 aliphatic heterocycles. The first-order valence-electron chi connectivity index (χ1n) is 7.83. The highest BCUT2D eigenvalue weighted by molar-refractivity contribution is 6.31. The van der Waals surface area contributed by atoms with Gasteiger partial charge >= 0.3 is 0 Å². The molecule has 1 amide bonds. The zero-order valence-electron chi connectivity index (χ0n) is 13.5. The Hall–Kier alpha value is -2.36. The zero-order chi connectivity index (χ0) is 16.9. The van der Waals surface area contributed by atoms with Crippen molar-refractivity contribution >= 4 is 34.0 Å². The average molecular weight is 339 g/mol. The van der Waals surface area contributed by atoms with Crippen LogP contribution in [0, 0.1) is 0 Å². The fraction of sp³-hybridized carbons (Fsp3) is 0.150. The third-order valence-electron chi connectivity index (χ3n) is 3.88. The average Bonchev–Trinajstić information content (AvgIpc) is 2.57. The molecule has 3 aromatic carbocycles. The molecule has 122 valence electrons. The molecule has 0 fully saturated rings. The molecule has 0 unspecified atom stereocenters. The fourth-order valence-corrected chi connectivity index (χ4v) is 2.94. The fourth-order valence-electron chi connectivity index (χ4n) is 2.74. The smallest absolute Gasteiger partial charge is 0.238 e. The lowest BCUT2D eigenvalue weighted by Gasteiger charge is -2.17. The van der Waals surface area contributed by atoms with Crippen molar-refractivity contribution in [3.63, 3.8) is 0 Å². The van der Waals surface area contributed by atoms with Gasteiger partial charge in [-0.15, -0.1) is 0 Å². The summed E-state index contributed by atoms with van der Waals surface area (Å²) in [6.45, 7) is 0.928. The highest BCUT2D eigenvalue weighted by Crippen LogP contribution is 2.23. The van der Waals surface area contributed by atoms with Gasteiger partial charge in [-0.25, -0.2) is 0 Å². The maximum absolute atomic E-state index is 12.4. The summed E-state index contributed by atoms with van der Waals surface area (Å²) in [6.07, 6.45) is 0. The first-order chi connectivity index (χ1) is 11.6. The van der Waals surface area contributed by atoms with E-state index in [9.17, 15) is 4.79 Å². The molecule has 0 aliphatic carbocycles. The number of carbonyl (C=O) groups excluding carboxylic acids is 1. The van der Waals surface area contributed by atoms with Gasteiger partial charge in [0.25, 0.3) is 0 Å². The van der Waals surface area contributed by atoms with Crippen molar-refractivity contribution in [3.8, 4) is 0 Å². The van der Waals surface area contributed by atoms with Gasteiger partial charge in [0.1, 0.15) is 0 Å². The number of anilines is 1. The summed E-state index contributed by atoms with van der Waals surface area (Å²) in [5.41, 5.74) is 1.85. The normalized spacial score (nSPS) is 11.0. The lowest BCUT2D eigenvalue weighted by molar-refractivity contribution is -0.117. The van der Waals surface area contributed by atoms with Crippen LogP contribution in [0.3, 0.4) is 0 Å². The third-order valence-corrected chi connectivity index (χ3v) is 4.24. The molecule has 24 heavy (non-hydrogen) atoms. The predicted octanol–water partition coefficient (Wildman–Crippen LogP) is 4.56. The largest absolute Gasteiger partial charge is 0.324 e. The van der Waals surface area contributed by atoms with Gasteiger partial charge in [0.15, 0.2) is 0 Å². The molecule has 4 heteroatoms. The molecule has 0 radical (unpaired) electrons. The van der Waals surface area contributed by atoms with Gasteiger partial charge in [-0.3, -0.25) is 9.69 Å². The molecule has 3 rings (SSSR count). The van der Waals surface area contributed by atoms with Crippen molar-refractivity contribution < 1.29 is 4.79 Å². The molecule has 0 spiro atoms. The molecule has 0 bridgehead atoms. The molecule has 0 saturated heterocycles. The van der Waals surface area contributed by atoms with Gasteiger partial charge < -0.3 is 5.32 Å². The Labute approximate surface area is 146 Å². The van der Waals surface area contributed by atoms with Crippen molar-refractivity contribution in [1.29, 1.82) is 0 Å². The van der Waals surface area contributed by atoms with Crippen LogP contribution in [0.4, 0.5) is 5.69 Å². The van der Waals surface area contributed by atoms with E-state index < -0.39 is 0 Å². The van der Waals surface area contributed by atoms with Gasteiger partial charge in [0.2, 0.25) is 5.91 Å². The van der Waals surface area contributed by atoms with Crippen LogP contribution in [0.5, 0.6) is 0 Å². The van der Waals surface area contributed by atoms with Crippen LogP contribution in [-0.4, -0.2) is 24.4 Å². The second-order valence-electron chi connectivity index (χ2n) is 5.84. The summed E-state index contributed by atoms with van der Waals surface area (Å²) < 4.78 is 0. The quantitative estimate of drug-likeness (QED) is 0.739. The number of benzene rings is 3. The summed E-state index contributed by atoms with van der Waals surface area (Å²) in [7, 11) is 1.91. The maximum Gasteiger partial charge on any atom is 0.238 e. The van der Waals surface area contributed by atoms with Gasteiger partial charge in [0, 0.05) is 22.6 Å². The number of carbonyl (C=O) groups is 1. The highest BCUT2D eigenvalue weighted by atomic mass is 35.5. The van der Waals surface area contributed by atoms with Crippen LogP contribution in [0.1, 0.15) is 5.56 Å². The Morgan fingerprint density at radius 3 is 2.54 bits per heavy atom.